The summed E-state index contributed by atoms with van der Waals surface area (Å²) in [5, 5.41) is 10.5. The van der Waals surface area contributed by atoms with Gasteiger partial charge in [-0.2, -0.15) is 0 Å². The zero-order valence-electron chi connectivity index (χ0n) is 13.6. The van der Waals surface area contributed by atoms with Crippen molar-refractivity contribution in [1.82, 2.24) is 10.3 Å². The van der Waals surface area contributed by atoms with Crippen LogP contribution in [0.1, 0.15) is 29.7 Å². The molecule has 1 aliphatic carbocycles. The average Bonchev–Trinajstić information content (AvgIpc) is 3.31. The number of nitrogens with one attached hydrogen (secondary N) is 1. The number of amides is 1. The summed E-state index contributed by atoms with van der Waals surface area (Å²) in [6, 6.07) is 9.76. The third-order valence-electron chi connectivity index (χ3n) is 4.29. The van der Waals surface area contributed by atoms with Gasteiger partial charge in [-0.3, -0.25) is 4.79 Å². The Bertz CT molecular complexity index is 910. The van der Waals surface area contributed by atoms with E-state index < -0.39 is 0 Å². The van der Waals surface area contributed by atoms with Crippen LogP contribution >= 0.6 is 0 Å². The summed E-state index contributed by atoms with van der Waals surface area (Å²) in [6.45, 7) is 0. The minimum atomic E-state index is -0.327. The lowest BCUT2D eigenvalue weighted by atomic mass is 9.90. The second kappa shape index (κ2) is 6.76. The van der Waals surface area contributed by atoms with Gasteiger partial charge in [-0.25, -0.2) is 4.63 Å². The van der Waals surface area contributed by atoms with Crippen LogP contribution in [0.25, 0.3) is 17.3 Å². The molecule has 126 valence electrons. The second-order valence-corrected chi connectivity index (χ2v) is 5.99. The number of fused-ring (bicyclic) bond motifs is 1. The molecule has 0 radical (unpaired) electrons. The molecule has 1 aliphatic rings. The number of aryl methyl sites for hydroxylation is 2. The highest BCUT2D eigenvalue weighted by molar-refractivity contribution is 6.02. The van der Waals surface area contributed by atoms with Crippen molar-refractivity contribution < 1.29 is 13.8 Å². The Balaban J connectivity index is 1.53. The molecule has 6 heteroatoms. The van der Waals surface area contributed by atoms with Crippen molar-refractivity contribution in [2.45, 2.75) is 25.7 Å². The topological polar surface area (TPSA) is 81.2 Å². The quantitative estimate of drug-likeness (QED) is 0.732. The monoisotopic (exact) mass is 335 g/mol. The molecule has 1 N–H and O–H groups in total. The van der Waals surface area contributed by atoms with Crippen LogP contribution in [0, 0.1) is 0 Å². The van der Waals surface area contributed by atoms with E-state index in [0.29, 0.717) is 17.3 Å². The van der Waals surface area contributed by atoms with Crippen LogP contribution in [-0.4, -0.2) is 16.2 Å². The van der Waals surface area contributed by atoms with Crippen molar-refractivity contribution in [3.8, 4) is 11.3 Å². The summed E-state index contributed by atoms with van der Waals surface area (Å²) in [4.78, 5) is 12.1. The maximum atomic E-state index is 12.1. The fourth-order valence-corrected chi connectivity index (χ4v) is 3.04. The van der Waals surface area contributed by atoms with E-state index in [1.807, 2.05) is 6.07 Å². The SMILES string of the molecule is O=C(C=Cc1ccco1)Nc1nonc1-c1ccc2c(c1)CCCC2. The number of benzene rings is 1. The maximum Gasteiger partial charge on any atom is 0.249 e. The molecule has 0 spiro atoms. The van der Waals surface area contributed by atoms with E-state index in [-0.39, 0.29) is 5.91 Å². The fraction of sp³-hybridized carbons (Fsp3) is 0.211. The highest BCUT2D eigenvalue weighted by Crippen LogP contribution is 2.29. The first-order valence-corrected chi connectivity index (χ1v) is 8.27. The van der Waals surface area contributed by atoms with Crippen molar-refractivity contribution in [2.24, 2.45) is 0 Å². The number of aromatic nitrogens is 2. The van der Waals surface area contributed by atoms with Crippen molar-refractivity contribution in [3.63, 3.8) is 0 Å². The second-order valence-electron chi connectivity index (χ2n) is 5.99. The van der Waals surface area contributed by atoms with Crippen LogP contribution in [0.3, 0.4) is 0 Å². The zero-order valence-corrected chi connectivity index (χ0v) is 13.6. The molecule has 6 nitrogen and oxygen atoms in total. The first kappa shape index (κ1) is 15.4. The van der Waals surface area contributed by atoms with E-state index in [1.54, 1.807) is 24.5 Å². The van der Waals surface area contributed by atoms with E-state index in [9.17, 15) is 4.79 Å². The van der Waals surface area contributed by atoms with Crippen LogP contribution in [0.4, 0.5) is 5.82 Å². The molecular weight excluding hydrogens is 318 g/mol. The molecule has 1 amide bonds. The number of carbonyl (C=O) groups excluding carboxylic acids is 1. The molecule has 4 rings (SSSR count). The molecule has 25 heavy (non-hydrogen) atoms. The Kier molecular flexibility index (Phi) is 4.16. The van der Waals surface area contributed by atoms with Gasteiger partial charge in [0, 0.05) is 11.6 Å². The lowest BCUT2D eigenvalue weighted by Gasteiger charge is -2.16. The van der Waals surface area contributed by atoms with Gasteiger partial charge in [0.15, 0.2) is 5.69 Å². The molecule has 0 saturated carbocycles. The van der Waals surface area contributed by atoms with Crippen LogP contribution in [0.5, 0.6) is 0 Å². The third-order valence-corrected chi connectivity index (χ3v) is 4.29. The molecule has 2 aromatic heterocycles. The highest BCUT2D eigenvalue weighted by Gasteiger charge is 2.17. The number of rotatable bonds is 4. The minimum absolute atomic E-state index is 0.310. The number of furan rings is 1. The zero-order chi connectivity index (χ0) is 17.1. The number of carbonyl (C=O) groups is 1. The molecule has 0 bridgehead atoms. The van der Waals surface area contributed by atoms with Gasteiger partial charge >= 0.3 is 0 Å². The van der Waals surface area contributed by atoms with Crippen LogP contribution < -0.4 is 5.32 Å². The molecule has 2 heterocycles. The molecule has 1 aromatic carbocycles. The van der Waals surface area contributed by atoms with Gasteiger partial charge in [0.2, 0.25) is 11.7 Å². The predicted octanol–water partition coefficient (Wildman–Crippen LogP) is 3.86. The van der Waals surface area contributed by atoms with E-state index in [0.717, 1.165) is 18.4 Å². The summed E-state index contributed by atoms with van der Waals surface area (Å²) in [7, 11) is 0. The van der Waals surface area contributed by atoms with Crippen LogP contribution in [0.2, 0.25) is 0 Å². The van der Waals surface area contributed by atoms with E-state index in [2.05, 4.69) is 27.8 Å². The van der Waals surface area contributed by atoms with Crippen LogP contribution in [0.15, 0.2) is 51.7 Å². The minimum Gasteiger partial charge on any atom is -0.465 e. The molecule has 0 saturated heterocycles. The summed E-state index contributed by atoms with van der Waals surface area (Å²) in [6.07, 6.45) is 9.14. The van der Waals surface area contributed by atoms with Crippen molar-refractivity contribution in [3.05, 3.63) is 59.6 Å². The maximum absolute atomic E-state index is 12.1. The Morgan fingerprint density at radius 1 is 1.12 bits per heavy atom. The summed E-state index contributed by atoms with van der Waals surface area (Å²) in [5.41, 5.74) is 4.15. The van der Waals surface area contributed by atoms with Crippen molar-refractivity contribution in [2.75, 3.05) is 5.32 Å². The number of hydrogen-bond acceptors (Lipinski definition) is 5. The molecular formula is C19H17N3O3. The summed E-state index contributed by atoms with van der Waals surface area (Å²) in [5.74, 6) is 0.583. The van der Waals surface area contributed by atoms with Crippen molar-refractivity contribution >= 4 is 17.8 Å². The van der Waals surface area contributed by atoms with Gasteiger partial charge in [0.05, 0.1) is 6.26 Å². The van der Waals surface area contributed by atoms with Gasteiger partial charge in [-0.1, -0.05) is 12.1 Å². The Labute approximate surface area is 144 Å². The molecule has 0 unspecified atom stereocenters. The fourth-order valence-electron chi connectivity index (χ4n) is 3.04. The smallest absolute Gasteiger partial charge is 0.249 e. The lowest BCUT2D eigenvalue weighted by molar-refractivity contribution is -0.111. The number of nitrogens with zero attached hydrogens (tertiary/aromatic N) is 2. The van der Waals surface area contributed by atoms with Crippen molar-refractivity contribution in [1.29, 1.82) is 0 Å². The average molecular weight is 335 g/mol. The molecule has 0 aliphatic heterocycles. The number of anilines is 1. The summed E-state index contributed by atoms with van der Waals surface area (Å²) >= 11 is 0. The third kappa shape index (κ3) is 3.38. The molecule has 3 aromatic rings. The van der Waals surface area contributed by atoms with Gasteiger partial charge in [0.25, 0.3) is 0 Å². The number of hydrogen-bond donors (Lipinski definition) is 1. The van der Waals surface area contributed by atoms with Gasteiger partial charge < -0.3 is 9.73 Å². The van der Waals surface area contributed by atoms with Gasteiger partial charge in [-0.05, 0) is 71.4 Å². The van der Waals surface area contributed by atoms with Gasteiger partial charge in [0.1, 0.15) is 5.76 Å². The Hall–Kier alpha value is -3.15. The lowest BCUT2D eigenvalue weighted by Crippen LogP contribution is -2.09. The Morgan fingerprint density at radius 3 is 2.84 bits per heavy atom. The predicted molar refractivity (Wildman–Crippen MR) is 92.7 cm³/mol. The summed E-state index contributed by atoms with van der Waals surface area (Å²) < 4.78 is 9.99. The van der Waals surface area contributed by atoms with E-state index in [1.165, 1.54) is 30.0 Å². The largest absolute Gasteiger partial charge is 0.465 e. The van der Waals surface area contributed by atoms with E-state index >= 15 is 0 Å². The normalized spacial score (nSPS) is 13.8. The van der Waals surface area contributed by atoms with Crippen LogP contribution in [-0.2, 0) is 17.6 Å². The first-order valence-electron chi connectivity index (χ1n) is 8.27. The van der Waals surface area contributed by atoms with Gasteiger partial charge in [-0.15, -0.1) is 0 Å². The van der Waals surface area contributed by atoms with E-state index in [4.69, 9.17) is 9.05 Å². The standard InChI is InChI=1S/C19H17N3O3/c23-17(10-9-16-6-3-11-24-16)20-19-18(21-25-22-19)15-8-7-13-4-1-2-5-14(13)12-15/h3,6-12H,1-2,4-5H2,(H,20,22,23). The molecule has 0 atom stereocenters. The first-order chi connectivity index (χ1) is 12.3. The molecule has 0 fully saturated rings. The Morgan fingerprint density at radius 2 is 2.00 bits per heavy atom. The highest BCUT2D eigenvalue weighted by atomic mass is 16.6.